The molecule has 1 fully saturated rings. The van der Waals surface area contributed by atoms with E-state index in [4.69, 9.17) is 9.84 Å². The summed E-state index contributed by atoms with van der Waals surface area (Å²) in [6.45, 7) is 8.42. The molecule has 0 bridgehead atoms. The number of ether oxygens (including phenoxy) is 1. The number of aliphatic hydroxyl groups is 1. The van der Waals surface area contributed by atoms with Gasteiger partial charge in [0.25, 0.3) is 0 Å². The lowest BCUT2D eigenvalue weighted by molar-refractivity contribution is 0.118. The number of aryl methyl sites for hydroxylation is 2. The van der Waals surface area contributed by atoms with Gasteiger partial charge in [0.05, 0.1) is 0 Å². The number of likely N-dealkylation sites (tertiary alicyclic amines) is 1. The van der Waals surface area contributed by atoms with Crippen LogP contribution in [-0.4, -0.2) is 42.9 Å². The van der Waals surface area contributed by atoms with Crippen LogP contribution in [0.3, 0.4) is 0 Å². The van der Waals surface area contributed by atoms with Gasteiger partial charge in [-0.15, -0.1) is 0 Å². The van der Waals surface area contributed by atoms with E-state index in [1.54, 1.807) is 0 Å². The van der Waals surface area contributed by atoms with E-state index in [0.29, 0.717) is 12.5 Å². The normalized spacial score (nSPS) is 17.6. The van der Waals surface area contributed by atoms with Crippen LogP contribution in [0.5, 0.6) is 5.75 Å². The minimum atomic E-state index is 0.340. The molecule has 1 saturated heterocycles. The molecule has 0 unspecified atom stereocenters. The summed E-state index contributed by atoms with van der Waals surface area (Å²) in [4.78, 5) is 2.43. The molecule has 0 aromatic heterocycles. The zero-order valence-electron chi connectivity index (χ0n) is 12.1. The summed E-state index contributed by atoms with van der Waals surface area (Å²) in [5, 5.41) is 9.12. The van der Waals surface area contributed by atoms with Gasteiger partial charge in [-0.05, 0) is 56.8 Å². The first-order chi connectivity index (χ1) is 9.20. The first-order valence-corrected chi connectivity index (χ1v) is 7.23. The summed E-state index contributed by atoms with van der Waals surface area (Å²) >= 11 is 0. The molecule has 106 valence electrons. The summed E-state index contributed by atoms with van der Waals surface area (Å²) in [5.74, 6) is 1.54. The minimum absolute atomic E-state index is 0.340. The number of para-hydroxylation sites is 1. The number of aliphatic hydroxyl groups excluding tert-OH is 1. The molecule has 1 heterocycles. The van der Waals surface area contributed by atoms with Crippen LogP contribution in [0.1, 0.15) is 24.0 Å². The highest BCUT2D eigenvalue weighted by molar-refractivity contribution is 5.39. The topological polar surface area (TPSA) is 32.7 Å². The molecule has 3 nitrogen and oxygen atoms in total. The Hall–Kier alpha value is -1.06. The molecule has 0 saturated carbocycles. The highest BCUT2D eigenvalue weighted by Gasteiger charge is 2.18. The highest BCUT2D eigenvalue weighted by atomic mass is 16.5. The van der Waals surface area contributed by atoms with E-state index in [0.717, 1.165) is 44.8 Å². The van der Waals surface area contributed by atoms with E-state index in [9.17, 15) is 0 Å². The average Bonchev–Trinajstić information content (AvgIpc) is 2.43. The molecule has 0 amide bonds. The molecule has 1 aliphatic rings. The number of nitrogens with zero attached hydrogens (tertiary/aromatic N) is 1. The van der Waals surface area contributed by atoms with Gasteiger partial charge in [-0.25, -0.2) is 0 Å². The van der Waals surface area contributed by atoms with Crippen LogP contribution in [0.4, 0.5) is 0 Å². The number of hydrogen-bond acceptors (Lipinski definition) is 3. The molecule has 2 rings (SSSR count). The Labute approximate surface area is 116 Å². The molecule has 3 heteroatoms. The summed E-state index contributed by atoms with van der Waals surface area (Å²) in [5.41, 5.74) is 2.41. The molecule has 1 aromatic carbocycles. The van der Waals surface area contributed by atoms with Gasteiger partial charge >= 0.3 is 0 Å². The van der Waals surface area contributed by atoms with Crippen LogP contribution < -0.4 is 4.74 Å². The van der Waals surface area contributed by atoms with Gasteiger partial charge in [0.2, 0.25) is 0 Å². The largest absolute Gasteiger partial charge is 0.492 e. The summed E-state index contributed by atoms with van der Waals surface area (Å²) in [6.07, 6.45) is 2.22. The molecule has 0 spiro atoms. The van der Waals surface area contributed by atoms with Gasteiger partial charge in [0.15, 0.2) is 0 Å². The Morgan fingerprint density at radius 1 is 1.21 bits per heavy atom. The summed E-state index contributed by atoms with van der Waals surface area (Å²) in [7, 11) is 0. The fraction of sp³-hybridized carbons (Fsp3) is 0.625. The van der Waals surface area contributed by atoms with Crippen LogP contribution in [0, 0.1) is 19.8 Å². The zero-order valence-corrected chi connectivity index (χ0v) is 12.1. The third kappa shape index (κ3) is 3.95. The smallest absolute Gasteiger partial charge is 0.125 e. The van der Waals surface area contributed by atoms with E-state index >= 15 is 0 Å². The fourth-order valence-corrected chi connectivity index (χ4v) is 2.70. The maximum atomic E-state index is 9.12. The molecule has 0 radical (unpaired) electrons. The van der Waals surface area contributed by atoms with Crippen LogP contribution in [-0.2, 0) is 0 Å². The average molecular weight is 263 g/mol. The van der Waals surface area contributed by atoms with Crippen molar-refractivity contribution in [1.82, 2.24) is 4.90 Å². The Bertz CT molecular complexity index is 377. The Morgan fingerprint density at radius 3 is 2.42 bits per heavy atom. The quantitative estimate of drug-likeness (QED) is 0.885. The lowest BCUT2D eigenvalue weighted by atomic mass is 9.98. The first kappa shape index (κ1) is 14.4. The molecular formula is C16H25NO2. The molecule has 0 atom stereocenters. The zero-order chi connectivity index (χ0) is 13.7. The maximum Gasteiger partial charge on any atom is 0.125 e. The van der Waals surface area contributed by atoms with E-state index in [-0.39, 0.29) is 0 Å². The second-order valence-corrected chi connectivity index (χ2v) is 5.54. The van der Waals surface area contributed by atoms with E-state index in [1.165, 1.54) is 11.1 Å². The Morgan fingerprint density at radius 2 is 1.84 bits per heavy atom. The van der Waals surface area contributed by atoms with Crippen LogP contribution in [0.25, 0.3) is 0 Å². The summed E-state index contributed by atoms with van der Waals surface area (Å²) < 4.78 is 5.93. The first-order valence-electron chi connectivity index (χ1n) is 7.23. The second kappa shape index (κ2) is 6.92. The molecule has 1 aliphatic heterocycles. The van der Waals surface area contributed by atoms with Crippen molar-refractivity contribution in [3.63, 3.8) is 0 Å². The Kier molecular flexibility index (Phi) is 5.23. The maximum absolute atomic E-state index is 9.12. The van der Waals surface area contributed by atoms with Gasteiger partial charge in [0, 0.05) is 13.2 Å². The van der Waals surface area contributed by atoms with Crippen molar-refractivity contribution in [2.75, 3.05) is 32.8 Å². The summed E-state index contributed by atoms with van der Waals surface area (Å²) in [6, 6.07) is 6.25. The standard InChI is InChI=1S/C16H25NO2/c1-13-4-3-5-14(2)16(13)19-11-10-17-8-6-15(12-18)7-9-17/h3-5,15,18H,6-12H2,1-2H3. The van der Waals surface area contributed by atoms with Gasteiger partial charge in [-0.1, -0.05) is 18.2 Å². The van der Waals surface area contributed by atoms with Crippen LogP contribution in [0.15, 0.2) is 18.2 Å². The number of rotatable bonds is 5. The number of hydrogen-bond donors (Lipinski definition) is 1. The third-order valence-electron chi connectivity index (χ3n) is 4.03. The third-order valence-corrected chi connectivity index (χ3v) is 4.03. The molecule has 1 aromatic rings. The molecule has 0 aliphatic carbocycles. The van der Waals surface area contributed by atoms with Crippen molar-refractivity contribution >= 4 is 0 Å². The highest BCUT2D eigenvalue weighted by Crippen LogP contribution is 2.22. The van der Waals surface area contributed by atoms with Crippen molar-refractivity contribution < 1.29 is 9.84 Å². The Balaban J connectivity index is 1.75. The van der Waals surface area contributed by atoms with E-state index < -0.39 is 0 Å². The number of piperidine rings is 1. The molecule has 1 N–H and O–H groups in total. The van der Waals surface area contributed by atoms with E-state index in [2.05, 4.69) is 36.9 Å². The molecule has 19 heavy (non-hydrogen) atoms. The van der Waals surface area contributed by atoms with Crippen molar-refractivity contribution in [2.45, 2.75) is 26.7 Å². The predicted octanol–water partition coefficient (Wildman–Crippen LogP) is 2.39. The fourth-order valence-electron chi connectivity index (χ4n) is 2.70. The van der Waals surface area contributed by atoms with Gasteiger partial charge in [0.1, 0.15) is 12.4 Å². The lowest BCUT2D eigenvalue weighted by Gasteiger charge is -2.30. The van der Waals surface area contributed by atoms with Crippen LogP contribution in [0.2, 0.25) is 0 Å². The monoisotopic (exact) mass is 263 g/mol. The van der Waals surface area contributed by atoms with Crippen molar-refractivity contribution in [3.05, 3.63) is 29.3 Å². The second-order valence-electron chi connectivity index (χ2n) is 5.54. The van der Waals surface area contributed by atoms with Crippen LogP contribution >= 0.6 is 0 Å². The minimum Gasteiger partial charge on any atom is -0.492 e. The lowest BCUT2D eigenvalue weighted by Crippen LogP contribution is -2.37. The predicted molar refractivity (Wildman–Crippen MR) is 77.7 cm³/mol. The van der Waals surface area contributed by atoms with Gasteiger partial charge < -0.3 is 9.84 Å². The van der Waals surface area contributed by atoms with Gasteiger partial charge in [-0.2, -0.15) is 0 Å². The number of benzene rings is 1. The van der Waals surface area contributed by atoms with Crippen molar-refractivity contribution in [1.29, 1.82) is 0 Å². The van der Waals surface area contributed by atoms with E-state index in [1.807, 2.05) is 0 Å². The SMILES string of the molecule is Cc1cccc(C)c1OCCN1CCC(CO)CC1. The van der Waals surface area contributed by atoms with Gasteiger partial charge in [-0.3, -0.25) is 4.90 Å². The molecular weight excluding hydrogens is 238 g/mol. The van der Waals surface area contributed by atoms with Crippen molar-refractivity contribution in [3.8, 4) is 5.75 Å². The van der Waals surface area contributed by atoms with Crippen molar-refractivity contribution in [2.24, 2.45) is 5.92 Å².